The van der Waals surface area contributed by atoms with Crippen molar-refractivity contribution in [2.75, 3.05) is 6.61 Å². The molecule has 0 amide bonds. The van der Waals surface area contributed by atoms with Crippen LogP contribution >= 0.6 is 7.82 Å². The molecule has 0 spiro atoms. The highest BCUT2D eigenvalue weighted by Gasteiger charge is 2.36. The topological polar surface area (TPSA) is 153 Å². The summed E-state index contributed by atoms with van der Waals surface area (Å²) in [7, 11) is -5.19. The van der Waals surface area contributed by atoms with E-state index in [9.17, 15) is 29.7 Å². The summed E-state index contributed by atoms with van der Waals surface area (Å²) in [4.78, 5) is 20.3. The summed E-state index contributed by atoms with van der Waals surface area (Å²) in [5.74, 6) is 0. The standard InChI is InChI=1S/C7H13O8P/c8-4-1-3(2-15-16(12,13)14)5(9)7(11)6(4)10/h1,4-11H,2H2,(H2,12,13,14)/p-2/t4-,5+,6-,7-/m0/s1. The Morgan fingerprint density at radius 3 is 2.31 bits per heavy atom. The molecule has 0 unspecified atom stereocenters. The first-order chi connectivity index (χ1) is 7.22. The summed E-state index contributed by atoms with van der Waals surface area (Å²) in [6.07, 6.45) is -5.38. The SMILES string of the molecule is O=P([O-])([O-])OCC1=C[C@H](O)[C@H](O)[C@@H](O)[C@@H]1O. The van der Waals surface area contributed by atoms with Crippen molar-refractivity contribution in [3.63, 3.8) is 0 Å². The molecular formula is C7H11O8P-2. The van der Waals surface area contributed by atoms with Gasteiger partial charge >= 0.3 is 0 Å². The Morgan fingerprint density at radius 2 is 1.81 bits per heavy atom. The zero-order valence-corrected chi connectivity index (χ0v) is 8.86. The van der Waals surface area contributed by atoms with E-state index in [1.165, 1.54) is 0 Å². The molecule has 16 heavy (non-hydrogen) atoms. The van der Waals surface area contributed by atoms with Crippen molar-refractivity contribution in [2.24, 2.45) is 0 Å². The Balaban J connectivity index is 2.72. The number of phosphoric acid groups is 1. The van der Waals surface area contributed by atoms with E-state index in [1.807, 2.05) is 0 Å². The monoisotopic (exact) mass is 254 g/mol. The van der Waals surface area contributed by atoms with Gasteiger partial charge in [0.05, 0.1) is 14.4 Å². The minimum atomic E-state index is -5.19. The summed E-state index contributed by atoms with van der Waals surface area (Å²) >= 11 is 0. The predicted octanol–water partition coefficient (Wildman–Crippen LogP) is -3.78. The molecular weight excluding hydrogens is 243 g/mol. The Hall–Kier alpha value is -0.310. The second kappa shape index (κ2) is 4.91. The van der Waals surface area contributed by atoms with Crippen LogP contribution in [0.3, 0.4) is 0 Å². The van der Waals surface area contributed by atoms with E-state index < -0.39 is 38.8 Å². The maximum Gasteiger partial charge on any atom is 0.112 e. The van der Waals surface area contributed by atoms with Gasteiger partial charge in [0.2, 0.25) is 0 Å². The molecule has 0 aliphatic heterocycles. The van der Waals surface area contributed by atoms with Gasteiger partial charge in [-0.25, -0.2) is 0 Å². The average molecular weight is 254 g/mol. The van der Waals surface area contributed by atoms with E-state index >= 15 is 0 Å². The third-order valence-electron chi connectivity index (χ3n) is 2.18. The van der Waals surface area contributed by atoms with Crippen LogP contribution in [0.25, 0.3) is 0 Å². The third kappa shape index (κ3) is 3.34. The first-order valence-corrected chi connectivity index (χ1v) is 5.78. The first-order valence-electron chi connectivity index (χ1n) is 4.32. The molecule has 8 nitrogen and oxygen atoms in total. The number of aliphatic hydroxyl groups excluding tert-OH is 4. The maximum atomic E-state index is 10.2. The van der Waals surface area contributed by atoms with Gasteiger partial charge in [-0.3, -0.25) is 0 Å². The molecule has 4 N–H and O–H groups in total. The molecule has 0 heterocycles. The maximum absolute atomic E-state index is 10.2. The molecule has 0 bridgehead atoms. The van der Waals surface area contributed by atoms with Crippen LogP contribution in [-0.4, -0.2) is 51.4 Å². The average Bonchev–Trinajstić information content (AvgIpc) is 2.17. The lowest BCUT2D eigenvalue weighted by atomic mass is 9.90. The lowest BCUT2D eigenvalue weighted by Gasteiger charge is -2.34. The highest BCUT2D eigenvalue weighted by atomic mass is 31.2. The van der Waals surface area contributed by atoms with Crippen molar-refractivity contribution in [3.8, 4) is 0 Å². The first kappa shape index (κ1) is 13.8. The van der Waals surface area contributed by atoms with Crippen molar-refractivity contribution >= 4 is 7.82 Å². The summed E-state index contributed by atoms with van der Waals surface area (Å²) < 4.78 is 14.1. The van der Waals surface area contributed by atoms with Gasteiger partial charge in [0.25, 0.3) is 0 Å². The second-order valence-corrected chi connectivity index (χ2v) is 4.53. The summed E-state index contributed by atoms with van der Waals surface area (Å²) in [6.45, 7) is -0.772. The van der Waals surface area contributed by atoms with Crippen LogP contribution in [0.4, 0.5) is 0 Å². The number of hydrogen-bond acceptors (Lipinski definition) is 8. The van der Waals surface area contributed by atoms with E-state index in [0.717, 1.165) is 6.08 Å². The fourth-order valence-corrected chi connectivity index (χ4v) is 1.62. The van der Waals surface area contributed by atoms with Crippen LogP contribution in [0.1, 0.15) is 0 Å². The molecule has 0 aromatic heterocycles. The van der Waals surface area contributed by atoms with E-state index in [1.54, 1.807) is 0 Å². The smallest absolute Gasteiger partial charge is 0.112 e. The minimum Gasteiger partial charge on any atom is -0.790 e. The molecule has 0 fully saturated rings. The molecule has 9 heteroatoms. The molecule has 1 aliphatic rings. The normalized spacial score (nSPS) is 36.0. The van der Waals surface area contributed by atoms with Crippen molar-refractivity contribution in [1.29, 1.82) is 0 Å². The zero-order chi connectivity index (χ0) is 12.5. The van der Waals surface area contributed by atoms with Crippen LogP contribution < -0.4 is 9.79 Å². The minimum absolute atomic E-state index is 0.183. The van der Waals surface area contributed by atoms with Gasteiger partial charge in [-0.1, -0.05) is 0 Å². The molecule has 4 atom stereocenters. The Labute approximate surface area is 90.7 Å². The molecule has 1 rings (SSSR count). The van der Waals surface area contributed by atoms with E-state index in [-0.39, 0.29) is 5.57 Å². The number of hydrogen-bond donors (Lipinski definition) is 4. The lowest BCUT2D eigenvalue weighted by molar-refractivity contribution is -0.341. The Morgan fingerprint density at radius 1 is 1.25 bits per heavy atom. The third-order valence-corrected chi connectivity index (χ3v) is 2.62. The van der Waals surface area contributed by atoms with Gasteiger partial charge in [0.15, 0.2) is 0 Å². The zero-order valence-electron chi connectivity index (χ0n) is 7.96. The molecule has 0 saturated heterocycles. The van der Waals surface area contributed by atoms with E-state index in [0.29, 0.717) is 0 Å². The van der Waals surface area contributed by atoms with Gasteiger partial charge in [-0.15, -0.1) is 0 Å². The quantitative estimate of drug-likeness (QED) is 0.295. The predicted molar refractivity (Wildman–Crippen MR) is 45.7 cm³/mol. The van der Waals surface area contributed by atoms with Gasteiger partial charge in [-0.2, -0.15) is 0 Å². The van der Waals surface area contributed by atoms with Crippen LogP contribution in [-0.2, 0) is 9.09 Å². The van der Waals surface area contributed by atoms with Crippen LogP contribution in [0.2, 0.25) is 0 Å². The molecule has 0 aromatic carbocycles. The van der Waals surface area contributed by atoms with Gasteiger partial charge in [0.1, 0.15) is 24.4 Å². The van der Waals surface area contributed by atoms with Crippen molar-refractivity contribution in [2.45, 2.75) is 24.4 Å². The fraction of sp³-hybridized carbons (Fsp3) is 0.714. The summed E-state index contributed by atoms with van der Waals surface area (Å²) in [6, 6.07) is 0. The molecule has 94 valence electrons. The van der Waals surface area contributed by atoms with Crippen molar-refractivity contribution < 1.29 is 39.3 Å². The largest absolute Gasteiger partial charge is 0.790 e. The van der Waals surface area contributed by atoms with Crippen LogP contribution in [0, 0.1) is 0 Å². The Bertz CT molecular complexity index is 322. The van der Waals surface area contributed by atoms with E-state index in [4.69, 9.17) is 5.11 Å². The van der Waals surface area contributed by atoms with Crippen LogP contribution in [0.5, 0.6) is 0 Å². The molecule has 0 saturated carbocycles. The summed E-state index contributed by atoms with van der Waals surface area (Å²) in [5, 5.41) is 36.9. The number of rotatable bonds is 3. The van der Waals surface area contributed by atoms with Crippen LogP contribution in [0.15, 0.2) is 11.6 Å². The van der Waals surface area contributed by atoms with Gasteiger partial charge in [0, 0.05) is 0 Å². The molecule has 0 aromatic rings. The second-order valence-electron chi connectivity index (χ2n) is 3.38. The van der Waals surface area contributed by atoms with Crippen molar-refractivity contribution in [1.82, 2.24) is 0 Å². The highest BCUT2D eigenvalue weighted by Crippen LogP contribution is 2.28. The number of phosphoric ester groups is 1. The summed E-state index contributed by atoms with van der Waals surface area (Å²) in [5.41, 5.74) is -0.183. The number of aliphatic hydroxyl groups is 4. The van der Waals surface area contributed by atoms with Gasteiger partial charge in [-0.05, 0) is 11.6 Å². The molecule has 0 radical (unpaired) electrons. The van der Waals surface area contributed by atoms with Crippen molar-refractivity contribution in [3.05, 3.63) is 11.6 Å². The lowest BCUT2D eigenvalue weighted by Crippen LogP contribution is -2.49. The molecule has 1 aliphatic carbocycles. The van der Waals surface area contributed by atoms with E-state index in [2.05, 4.69) is 4.52 Å². The van der Waals surface area contributed by atoms with Gasteiger partial charge < -0.3 is 39.3 Å². The highest BCUT2D eigenvalue weighted by molar-refractivity contribution is 7.43. The fourth-order valence-electron chi connectivity index (χ4n) is 1.31. The Kier molecular flexibility index (Phi) is 4.22.